The Kier molecular flexibility index (Phi) is 10.7. The summed E-state index contributed by atoms with van der Waals surface area (Å²) in [5, 5.41) is 3.51. The maximum atomic E-state index is 14.3. The number of carbonyl (C=O) groups is 2. The van der Waals surface area contributed by atoms with Gasteiger partial charge in [0.25, 0.3) is 10.0 Å². The number of sulfonamides is 1. The molecule has 0 aliphatic heterocycles. The highest BCUT2D eigenvalue weighted by Gasteiger charge is 2.34. The maximum Gasteiger partial charge on any atom is 0.264 e. The van der Waals surface area contributed by atoms with Gasteiger partial charge in [-0.1, -0.05) is 67.3 Å². The third-order valence-corrected chi connectivity index (χ3v) is 10.1. The van der Waals surface area contributed by atoms with E-state index >= 15 is 0 Å². The number of ether oxygens (including phenoxy) is 1. The van der Waals surface area contributed by atoms with Crippen LogP contribution in [0, 0.1) is 13.8 Å². The van der Waals surface area contributed by atoms with E-state index in [1.54, 1.807) is 43.5 Å². The van der Waals surface area contributed by atoms with E-state index in [9.17, 15) is 18.0 Å². The van der Waals surface area contributed by atoms with Crippen molar-refractivity contribution in [1.29, 1.82) is 0 Å². The predicted octanol–water partition coefficient (Wildman–Crippen LogP) is 6.03. The topological polar surface area (TPSA) is 96.0 Å². The number of benzene rings is 3. The molecule has 10 heteroatoms. The third-order valence-electron chi connectivity index (χ3n) is 7.91. The summed E-state index contributed by atoms with van der Waals surface area (Å²) in [6.45, 7) is 5.12. The summed E-state index contributed by atoms with van der Waals surface area (Å²) in [4.78, 5) is 29.4. The van der Waals surface area contributed by atoms with Crippen molar-refractivity contribution in [1.82, 2.24) is 10.2 Å². The second-order valence-corrected chi connectivity index (χ2v) is 13.3. The first-order valence-corrected chi connectivity index (χ1v) is 16.4. The van der Waals surface area contributed by atoms with Gasteiger partial charge in [0.15, 0.2) is 0 Å². The number of amides is 2. The van der Waals surface area contributed by atoms with Crippen LogP contribution in [0.15, 0.2) is 71.6 Å². The number of aryl methyl sites for hydroxylation is 2. The Bertz CT molecular complexity index is 1540. The van der Waals surface area contributed by atoms with Crippen LogP contribution in [-0.4, -0.2) is 50.9 Å². The van der Waals surface area contributed by atoms with Crippen LogP contribution < -0.4 is 14.4 Å². The summed E-state index contributed by atoms with van der Waals surface area (Å²) in [5.74, 6) is -0.133. The molecule has 1 atom stereocenters. The minimum Gasteiger partial charge on any atom is -0.497 e. The highest BCUT2D eigenvalue weighted by Crippen LogP contribution is 2.29. The molecule has 0 saturated heterocycles. The van der Waals surface area contributed by atoms with E-state index in [4.69, 9.17) is 16.3 Å². The summed E-state index contributed by atoms with van der Waals surface area (Å²) in [5.41, 5.74) is 2.70. The van der Waals surface area contributed by atoms with Gasteiger partial charge in [-0.3, -0.25) is 13.9 Å². The van der Waals surface area contributed by atoms with Crippen LogP contribution in [0.5, 0.6) is 5.75 Å². The third kappa shape index (κ3) is 7.89. The van der Waals surface area contributed by atoms with Crippen LogP contribution in [-0.2, 0) is 26.2 Å². The molecule has 3 aromatic rings. The molecular weight excluding hydrogens is 586 g/mol. The molecule has 0 heterocycles. The number of hydrogen-bond donors (Lipinski definition) is 1. The van der Waals surface area contributed by atoms with Crippen molar-refractivity contribution in [2.45, 2.75) is 76.4 Å². The van der Waals surface area contributed by atoms with Crippen LogP contribution in [0.3, 0.4) is 0 Å². The monoisotopic (exact) mass is 625 g/mol. The zero-order valence-corrected chi connectivity index (χ0v) is 26.7. The lowest BCUT2D eigenvalue weighted by molar-refractivity contribution is -0.140. The lowest BCUT2D eigenvalue weighted by Crippen LogP contribution is -2.53. The standard InChI is InChI=1S/C33H40ClN3O5S/c1-5-31(33(39)35-26-10-6-7-11-26)36(21-25-9-8-12-28(19-25)42-4)32(38)22-37(27-16-15-24(3)30(34)20-27)43(40,41)29-17-13-23(2)14-18-29/h8-9,12-20,26,31H,5-7,10-11,21-22H2,1-4H3,(H,35,39)/t31-/m0/s1. The van der Waals surface area contributed by atoms with Gasteiger partial charge in [-0.05, 0) is 80.6 Å². The van der Waals surface area contributed by atoms with Gasteiger partial charge in [-0.15, -0.1) is 0 Å². The van der Waals surface area contributed by atoms with Crippen molar-refractivity contribution < 1.29 is 22.7 Å². The second kappa shape index (κ2) is 14.3. The van der Waals surface area contributed by atoms with Gasteiger partial charge in [0, 0.05) is 17.6 Å². The highest BCUT2D eigenvalue weighted by atomic mass is 35.5. The van der Waals surface area contributed by atoms with Crippen molar-refractivity contribution in [3.63, 3.8) is 0 Å². The van der Waals surface area contributed by atoms with Crippen molar-refractivity contribution >= 4 is 39.1 Å². The van der Waals surface area contributed by atoms with E-state index < -0.39 is 28.5 Å². The Morgan fingerprint density at radius 3 is 2.35 bits per heavy atom. The first kappa shape index (κ1) is 32.4. The van der Waals surface area contributed by atoms with Gasteiger partial charge in [-0.25, -0.2) is 8.42 Å². The molecule has 1 saturated carbocycles. The van der Waals surface area contributed by atoms with Gasteiger partial charge < -0.3 is 15.0 Å². The van der Waals surface area contributed by atoms with Crippen molar-refractivity contribution in [2.75, 3.05) is 18.0 Å². The van der Waals surface area contributed by atoms with Gasteiger partial charge >= 0.3 is 0 Å². The number of nitrogens with zero attached hydrogens (tertiary/aromatic N) is 2. The smallest absolute Gasteiger partial charge is 0.264 e. The Balaban J connectivity index is 1.74. The summed E-state index contributed by atoms with van der Waals surface area (Å²) < 4.78 is 34.6. The Hall–Kier alpha value is -3.56. The average molecular weight is 626 g/mol. The van der Waals surface area contributed by atoms with Crippen molar-refractivity contribution in [2.24, 2.45) is 0 Å². The van der Waals surface area contributed by atoms with Gasteiger partial charge in [0.1, 0.15) is 18.3 Å². The molecule has 4 rings (SSSR count). The normalized spacial score (nSPS) is 14.3. The Morgan fingerprint density at radius 2 is 1.72 bits per heavy atom. The largest absolute Gasteiger partial charge is 0.497 e. The lowest BCUT2D eigenvalue weighted by Gasteiger charge is -2.34. The zero-order valence-electron chi connectivity index (χ0n) is 25.2. The molecule has 1 fully saturated rings. The molecule has 1 aliphatic carbocycles. The van der Waals surface area contributed by atoms with Crippen LogP contribution >= 0.6 is 11.6 Å². The summed E-state index contributed by atoms with van der Waals surface area (Å²) in [6.07, 6.45) is 4.28. The molecular formula is C33H40ClN3O5S. The fraction of sp³-hybridized carbons (Fsp3) is 0.394. The molecule has 8 nitrogen and oxygen atoms in total. The molecule has 230 valence electrons. The molecule has 0 bridgehead atoms. The first-order chi connectivity index (χ1) is 20.5. The maximum absolute atomic E-state index is 14.3. The summed E-state index contributed by atoms with van der Waals surface area (Å²) in [7, 11) is -2.62. The second-order valence-electron chi connectivity index (χ2n) is 11.0. The molecule has 3 aromatic carbocycles. The minimum atomic E-state index is -4.18. The molecule has 43 heavy (non-hydrogen) atoms. The number of carbonyl (C=O) groups excluding carboxylic acids is 2. The van der Waals surface area contributed by atoms with E-state index in [2.05, 4.69) is 5.32 Å². The van der Waals surface area contributed by atoms with E-state index in [1.807, 2.05) is 39.0 Å². The molecule has 2 amide bonds. The molecule has 0 aromatic heterocycles. The zero-order chi connectivity index (χ0) is 31.1. The van der Waals surface area contributed by atoms with Crippen molar-refractivity contribution in [3.8, 4) is 5.75 Å². The van der Waals surface area contributed by atoms with Gasteiger partial charge in [0.2, 0.25) is 11.8 Å². The number of anilines is 1. The highest BCUT2D eigenvalue weighted by molar-refractivity contribution is 7.92. The number of rotatable bonds is 12. The van der Waals surface area contributed by atoms with Gasteiger partial charge in [-0.2, -0.15) is 0 Å². The van der Waals surface area contributed by atoms with Gasteiger partial charge in [0.05, 0.1) is 17.7 Å². The number of halogens is 1. The molecule has 0 radical (unpaired) electrons. The first-order valence-electron chi connectivity index (χ1n) is 14.6. The van der Waals surface area contributed by atoms with Crippen LogP contribution in [0.4, 0.5) is 5.69 Å². The number of hydrogen-bond acceptors (Lipinski definition) is 5. The average Bonchev–Trinajstić information content (AvgIpc) is 3.50. The SMILES string of the molecule is CC[C@@H](C(=O)NC1CCCC1)N(Cc1cccc(OC)c1)C(=O)CN(c1ccc(C)c(Cl)c1)S(=O)(=O)c1ccc(C)cc1. The summed E-state index contributed by atoms with van der Waals surface area (Å²) >= 11 is 6.42. The minimum absolute atomic E-state index is 0.0490. The fourth-order valence-electron chi connectivity index (χ4n) is 5.36. The molecule has 0 spiro atoms. The number of methoxy groups -OCH3 is 1. The van der Waals surface area contributed by atoms with E-state index in [0.29, 0.717) is 17.2 Å². The van der Waals surface area contributed by atoms with Crippen LogP contribution in [0.1, 0.15) is 55.7 Å². The molecule has 1 N–H and O–H groups in total. The van der Waals surface area contributed by atoms with Crippen LogP contribution in [0.2, 0.25) is 5.02 Å². The Morgan fingerprint density at radius 1 is 1.02 bits per heavy atom. The predicted molar refractivity (Wildman–Crippen MR) is 170 cm³/mol. The van der Waals surface area contributed by atoms with Crippen LogP contribution in [0.25, 0.3) is 0 Å². The fourth-order valence-corrected chi connectivity index (χ4v) is 6.94. The van der Waals surface area contributed by atoms with E-state index in [1.165, 1.54) is 17.0 Å². The van der Waals surface area contributed by atoms with E-state index in [0.717, 1.165) is 46.7 Å². The van der Waals surface area contributed by atoms with Crippen molar-refractivity contribution in [3.05, 3.63) is 88.4 Å². The molecule has 0 unspecified atom stereocenters. The number of nitrogens with one attached hydrogen (secondary N) is 1. The Labute approximate surface area is 260 Å². The molecule has 1 aliphatic rings. The summed E-state index contributed by atoms with van der Waals surface area (Å²) in [6, 6.07) is 17.9. The van der Waals surface area contributed by atoms with E-state index in [-0.39, 0.29) is 29.1 Å². The quantitative estimate of drug-likeness (QED) is 0.265. The lowest BCUT2D eigenvalue weighted by atomic mass is 10.1.